The number of carbonyl (C=O) groups is 1. The minimum absolute atomic E-state index is 0.0405. The molecule has 0 spiro atoms. The molecule has 2 rings (SSSR count). The Morgan fingerprint density at radius 3 is 1.50 bits per heavy atom. The highest BCUT2D eigenvalue weighted by molar-refractivity contribution is 6.70. The molecule has 148 valence electrons. The lowest BCUT2D eigenvalue weighted by Gasteiger charge is -2.41. The van der Waals surface area contributed by atoms with E-state index >= 15 is 0 Å². The van der Waals surface area contributed by atoms with Crippen LogP contribution in [0.1, 0.15) is 61.3 Å². The molecule has 0 aromatic rings. The number of carbonyl (C=O) groups excluding carboxylic acids is 1. The van der Waals surface area contributed by atoms with Crippen LogP contribution in [-0.4, -0.2) is 14.1 Å². The molecule has 2 atom stereocenters. The van der Waals surface area contributed by atoms with Gasteiger partial charge in [0.25, 0.3) is 0 Å². The van der Waals surface area contributed by atoms with E-state index in [0.717, 1.165) is 18.6 Å². The van der Waals surface area contributed by atoms with Crippen LogP contribution in [0.5, 0.6) is 0 Å². The van der Waals surface area contributed by atoms with Gasteiger partial charge in [0.15, 0.2) is 0 Å². The van der Waals surface area contributed by atoms with Gasteiger partial charge in [0.05, 0.1) is 5.76 Å². The molecular weight excluding hydrogens is 336 g/mol. The molecule has 2 aliphatic carbocycles. The topological polar surface area (TPSA) is 26.3 Å². The Balaban J connectivity index is 0.000000273. The van der Waals surface area contributed by atoms with Crippen molar-refractivity contribution in [1.29, 1.82) is 0 Å². The van der Waals surface area contributed by atoms with Gasteiger partial charge < -0.3 is 4.43 Å². The first-order valence-electron chi connectivity index (χ1n) is 9.73. The van der Waals surface area contributed by atoms with Crippen LogP contribution in [0.15, 0.2) is 36.6 Å². The molecule has 0 fully saturated rings. The van der Waals surface area contributed by atoms with Crippen LogP contribution in [0.4, 0.5) is 0 Å². The lowest BCUT2D eigenvalue weighted by Crippen LogP contribution is -2.37. The van der Waals surface area contributed by atoms with Gasteiger partial charge in [-0.1, -0.05) is 72.4 Å². The largest absolute Gasteiger partial charge is 0.547 e. The van der Waals surface area contributed by atoms with Gasteiger partial charge in [0.2, 0.25) is 8.32 Å². The second-order valence-corrected chi connectivity index (χ2v) is 14.9. The zero-order chi connectivity index (χ0) is 20.6. The third kappa shape index (κ3) is 4.41. The molecule has 0 aromatic heterocycles. The number of ketones is 1. The summed E-state index contributed by atoms with van der Waals surface area (Å²) in [6.07, 6.45) is 10.7. The second-order valence-electron chi connectivity index (χ2n) is 10.5. The van der Waals surface area contributed by atoms with E-state index in [2.05, 4.69) is 92.1 Å². The van der Waals surface area contributed by atoms with Crippen LogP contribution in [0, 0.1) is 21.7 Å². The van der Waals surface area contributed by atoms with Crippen molar-refractivity contribution in [3.63, 3.8) is 0 Å². The van der Waals surface area contributed by atoms with Crippen molar-refractivity contribution in [2.24, 2.45) is 21.7 Å². The molecule has 0 saturated heterocycles. The van der Waals surface area contributed by atoms with Gasteiger partial charge in [-0.2, -0.15) is 0 Å². The first-order chi connectivity index (χ1) is 11.5. The average Bonchev–Trinajstić information content (AvgIpc) is 2.87. The summed E-state index contributed by atoms with van der Waals surface area (Å²) in [6, 6.07) is 0. The van der Waals surface area contributed by atoms with E-state index in [9.17, 15) is 4.79 Å². The summed E-state index contributed by atoms with van der Waals surface area (Å²) in [4.78, 5) is 11.3. The van der Waals surface area contributed by atoms with Crippen LogP contribution in [0.25, 0.3) is 0 Å². The number of rotatable bonds is 4. The third-order valence-corrected chi connectivity index (χ3v) is 7.65. The summed E-state index contributed by atoms with van der Waals surface area (Å²) >= 11 is 0. The van der Waals surface area contributed by atoms with Gasteiger partial charge in [-0.25, -0.2) is 0 Å². The molecule has 0 saturated carbocycles. The third-order valence-electron chi connectivity index (χ3n) is 6.79. The van der Waals surface area contributed by atoms with E-state index < -0.39 is 8.32 Å². The maximum atomic E-state index is 11.3. The SMILES string of the molecule is C=C(O[Si](C)(C)C)[C@@]1(C)CC=CC1(C)C.CC(=O)[C@@]1(C)CC=CC1(C)C. The fraction of sp³-hybridized carbons (Fsp3) is 0.696. The van der Waals surface area contributed by atoms with Crippen molar-refractivity contribution in [3.8, 4) is 0 Å². The summed E-state index contributed by atoms with van der Waals surface area (Å²) in [5, 5.41) is 0. The zero-order valence-corrected chi connectivity index (χ0v) is 19.7. The smallest absolute Gasteiger partial charge is 0.241 e. The summed E-state index contributed by atoms with van der Waals surface area (Å²) in [5.74, 6) is 1.27. The van der Waals surface area contributed by atoms with Crippen molar-refractivity contribution in [2.45, 2.75) is 80.9 Å². The highest BCUT2D eigenvalue weighted by Gasteiger charge is 2.46. The van der Waals surface area contributed by atoms with Crippen LogP contribution >= 0.6 is 0 Å². The Labute approximate surface area is 162 Å². The fourth-order valence-corrected chi connectivity index (χ4v) is 4.59. The van der Waals surface area contributed by atoms with Gasteiger partial charge in [-0.05, 0) is 50.2 Å². The van der Waals surface area contributed by atoms with Gasteiger partial charge >= 0.3 is 0 Å². The molecule has 0 bridgehead atoms. The quantitative estimate of drug-likeness (QED) is 0.302. The van der Waals surface area contributed by atoms with E-state index in [1.165, 1.54) is 0 Å². The van der Waals surface area contributed by atoms with Gasteiger partial charge in [0.1, 0.15) is 5.78 Å². The molecule has 0 N–H and O–H groups in total. The van der Waals surface area contributed by atoms with E-state index in [4.69, 9.17) is 4.43 Å². The Morgan fingerprint density at radius 2 is 1.27 bits per heavy atom. The highest BCUT2D eigenvalue weighted by atomic mass is 28.4. The van der Waals surface area contributed by atoms with Gasteiger partial charge in [-0.3, -0.25) is 4.79 Å². The van der Waals surface area contributed by atoms with E-state index in [0.29, 0.717) is 5.78 Å². The van der Waals surface area contributed by atoms with Crippen LogP contribution in [0.3, 0.4) is 0 Å². The predicted molar refractivity (Wildman–Crippen MR) is 116 cm³/mol. The van der Waals surface area contributed by atoms with Crippen LogP contribution < -0.4 is 0 Å². The molecule has 0 amide bonds. The van der Waals surface area contributed by atoms with Crippen LogP contribution in [0.2, 0.25) is 19.6 Å². The molecule has 0 aromatic carbocycles. The molecule has 26 heavy (non-hydrogen) atoms. The number of hydrogen-bond donors (Lipinski definition) is 0. The molecule has 3 heteroatoms. The monoisotopic (exact) mass is 376 g/mol. The van der Waals surface area contributed by atoms with Crippen molar-refractivity contribution in [3.05, 3.63) is 36.6 Å². The zero-order valence-electron chi connectivity index (χ0n) is 18.7. The van der Waals surface area contributed by atoms with Crippen molar-refractivity contribution in [2.75, 3.05) is 0 Å². The standard InChI is InChI=1S/C13H24OSi.C10H16O/c1-11(14-15(5,6)7)13(4)10-8-9-12(13,2)3;1-8(11)10(4)7-5-6-9(10,2)3/h8-9H,1,10H2,2-7H3;5-6H,7H2,1-4H3/t13-;10-/m11/s1. The molecule has 0 radical (unpaired) electrons. The minimum atomic E-state index is -1.52. The van der Waals surface area contributed by atoms with Crippen molar-refractivity contribution >= 4 is 14.1 Å². The van der Waals surface area contributed by atoms with Crippen molar-refractivity contribution < 1.29 is 9.22 Å². The van der Waals surface area contributed by atoms with Gasteiger partial charge in [0, 0.05) is 10.8 Å². The molecule has 0 unspecified atom stereocenters. The first kappa shape index (κ1) is 22.9. The Morgan fingerprint density at radius 1 is 0.885 bits per heavy atom. The molecular formula is C23H40O2Si. The predicted octanol–water partition coefficient (Wildman–Crippen LogP) is 6.91. The lowest BCUT2D eigenvalue weighted by molar-refractivity contribution is -0.129. The van der Waals surface area contributed by atoms with Gasteiger partial charge in [-0.15, -0.1) is 0 Å². The maximum absolute atomic E-state index is 11.3. The summed E-state index contributed by atoms with van der Waals surface area (Å²) in [6.45, 7) is 25.5. The number of Topliss-reactive ketones (excluding diaryl/α,β-unsaturated/α-hetero) is 1. The van der Waals surface area contributed by atoms with E-state index in [-0.39, 0.29) is 21.7 Å². The normalized spacial score (nSPS) is 31.3. The Bertz CT molecular complexity index is 619. The van der Waals surface area contributed by atoms with E-state index in [1.54, 1.807) is 6.92 Å². The molecule has 2 nitrogen and oxygen atoms in total. The lowest BCUT2D eigenvalue weighted by atomic mass is 9.67. The van der Waals surface area contributed by atoms with E-state index in [1.807, 2.05) is 0 Å². The summed E-state index contributed by atoms with van der Waals surface area (Å²) in [7, 11) is -1.52. The average molecular weight is 377 g/mol. The molecule has 0 heterocycles. The maximum Gasteiger partial charge on any atom is 0.241 e. The number of allylic oxidation sites excluding steroid dienone is 5. The Hall–Kier alpha value is -1.09. The fourth-order valence-electron chi connectivity index (χ4n) is 3.63. The first-order valence-corrected chi connectivity index (χ1v) is 13.1. The molecule has 2 aliphatic rings. The summed E-state index contributed by atoms with van der Waals surface area (Å²) in [5.41, 5.74) is 0.100. The highest BCUT2D eigenvalue weighted by Crippen LogP contribution is 2.53. The molecule has 0 aliphatic heterocycles. The van der Waals surface area contributed by atoms with Crippen molar-refractivity contribution in [1.82, 2.24) is 0 Å². The van der Waals surface area contributed by atoms with Crippen LogP contribution in [-0.2, 0) is 9.22 Å². The summed E-state index contributed by atoms with van der Waals surface area (Å²) < 4.78 is 6.06. The number of hydrogen-bond acceptors (Lipinski definition) is 2. The second kappa shape index (κ2) is 7.14. The minimum Gasteiger partial charge on any atom is -0.547 e. The Kier molecular flexibility index (Phi) is 6.30.